The van der Waals surface area contributed by atoms with Crippen molar-refractivity contribution < 1.29 is 19.4 Å². The Bertz CT molecular complexity index is 1340. The quantitative estimate of drug-likeness (QED) is 0.443. The molecule has 0 spiro atoms. The number of carboxylic acid groups (broad SMARTS) is 1. The summed E-state index contributed by atoms with van der Waals surface area (Å²) in [7, 11) is 3.49. The maximum atomic E-state index is 13.0. The summed E-state index contributed by atoms with van der Waals surface area (Å²) < 4.78 is 6.04. The lowest BCUT2D eigenvalue weighted by Crippen LogP contribution is -2.35. The van der Waals surface area contributed by atoms with E-state index in [2.05, 4.69) is 0 Å². The molecule has 0 radical (unpaired) electrons. The third-order valence-corrected chi connectivity index (χ3v) is 8.07. The van der Waals surface area contributed by atoms with Crippen molar-refractivity contribution in [2.24, 2.45) is 11.8 Å². The fourth-order valence-corrected chi connectivity index (χ4v) is 6.06. The van der Waals surface area contributed by atoms with Gasteiger partial charge in [-0.25, -0.2) is 4.79 Å². The summed E-state index contributed by atoms with van der Waals surface area (Å²) in [5.74, 6) is 0.0618. The molecule has 0 saturated heterocycles. The van der Waals surface area contributed by atoms with Gasteiger partial charge >= 0.3 is 5.97 Å². The van der Waals surface area contributed by atoms with Gasteiger partial charge in [0.1, 0.15) is 18.9 Å². The molecule has 2 aliphatic carbocycles. The van der Waals surface area contributed by atoms with E-state index in [1.165, 1.54) is 24.8 Å². The predicted molar refractivity (Wildman–Crippen MR) is 152 cm³/mol. The molecular weight excluding hydrogens is 490 g/mol. The lowest BCUT2D eigenvalue weighted by Gasteiger charge is -2.29. The number of carboxylic acids is 1. The Kier molecular flexibility index (Phi) is 7.77. The molecule has 7 heteroatoms. The molecule has 5 rings (SSSR count). The van der Waals surface area contributed by atoms with E-state index in [9.17, 15) is 14.7 Å². The topological polar surface area (TPSA) is 96.1 Å². The number of carbonyl (C=O) groups excluding carboxylic acids is 1. The largest absolute Gasteiger partial charge is 0.487 e. The average Bonchev–Trinajstić information content (AvgIpc) is 3.26. The van der Waals surface area contributed by atoms with E-state index < -0.39 is 5.97 Å². The Labute approximate surface area is 230 Å². The molecule has 39 heavy (non-hydrogen) atoms. The molecule has 0 aromatic heterocycles. The number of ether oxygens (including phenoxy) is 1. The van der Waals surface area contributed by atoms with Crippen LogP contribution in [0.4, 0.5) is 5.69 Å². The molecule has 1 heterocycles. The summed E-state index contributed by atoms with van der Waals surface area (Å²) in [5, 5.41) is 9.76. The van der Waals surface area contributed by atoms with Crippen LogP contribution in [0, 0.1) is 11.8 Å². The minimum absolute atomic E-state index is 0.0424. The van der Waals surface area contributed by atoms with Crippen molar-refractivity contribution in [3.63, 3.8) is 0 Å². The maximum absolute atomic E-state index is 13.0. The van der Waals surface area contributed by atoms with Crippen LogP contribution in [0.2, 0.25) is 0 Å². The van der Waals surface area contributed by atoms with Gasteiger partial charge in [0.2, 0.25) is 5.91 Å². The highest BCUT2D eigenvalue weighted by Crippen LogP contribution is 2.52. The van der Waals surface area contributed by atoms with Gasteiger partial charge in [-0.15, -0.1) is 0 Å². The highest BCUT2D eigenvalue weighted by Gasteiger charge is 2.42. The van der Waals surface area contributed by atoms with Gasteiger partial charge in [0.15, 0.2) is 0 Å². The Morgan fingerprint density at radius 3 is 2.49 bits per heavy atom. The fourth-order valence-electron chi connectivity index (χ4n) is 6.06. The van der Waals surface area contributed by atoms with Crippen molar-refractivity contribution >= 4 is 23.3 Å². The van der Waals surface area contributed by atoms with Gasteiger partial charge in [0.05, 0.1) is 11.3 Å². The lowest BCUT2D eigenvalue weighted by atomic mass is 9.75. The molecular formula is C32H37N3O4. The monoisotopic (exact) mass is 527 g/mol. The van der Waals surface area contributed by atoms with Gasteiger partial charge in [-0.05, 0) is 60.6 Å². The van der Waals surface area contributed by atoms with Gasteiger partial charge in [-0.2, -0.15) is 0 Å². The fraction of sp³-hybridized carbons (Fsp3) is 0.375. The van der Waals surface area contributed by atoms with E-state index in [0.717, 1.165) is 35.4 Å². The molecule has 2 aromatic carbocycles. The molecule has 3 N–H and O–H groups in total. The van der Waals surface area contributed by atoms with Crippen molar-refractivity contribution in [3.05, 3.63) is 88.7 Å². The number of rotatable bonds is 8. The number of likely N-dealkylation sites (N-methyl/N-ethyl adjacent to an activating group) is 1. The molecule has 0 bridgehead atoms. The minimum Gasteiger partial charge on any atom is -0.487 e. The second kappa shape index (κ2) is 11.4. The summed E-state index contributed by atoms with van der Waals surface area (Å²) in [5.41, 5.74) is 12.5. The Balaban J connectivity index is 1.56. The average molecular weight is 528 g/mol. The highest BCUT2D eigenvalue weighted by molar-refractivity contribution is 5.91. The van der Waals surface area contributed by atoms with E-state index in [-0.39, 0.29) is 23.9 Å². The van der Waals surface area contributed by atoms with Crippen molar-refractivity contribution in [2.45, 2.75) is 45.1 Å². The van der Waals surface area contributed by atoms with E-state index >= 15 is 0 Å². The van der Waals surface area contributed by atoms with E-state index in [4.69, 9.17) is 10.5 Å². The minimum atomic E-state index is -0.948. The van der Waals surface area contributed by atoms with Crippen molar-refractivity contribution in [3.8, 4) is 5.75 Å². The van der Waals surface area contributed by atoms with Crippen LogP contribution in [-0.4, -0.2) is 47.4 Å². The Hall–Kier alpha value is -4.00. The standard InChI is InChI=1S/C32H37N3O4/c1-34(2)29(36)19-35-27-18-24(32(37)38)13-15-25(27)30(22-11-7-4-8-12-22)31(35)23-14-16-28(26(33)17-23)39-20-21-9-5-3-6-10-21/h3,5-6,9-10,13-14,16-18,22,25H,4,7-8,11-12,15,19-20,33H2,1-2H3,(H,37,38). The van der Waals surface area contributed by atoms with Crippen molar-refractivity contribution in [1.82, 2.24) is 9.80 Å². The molecule has 1 aliphatic heterocycles. The van der Waals surface area contributed by atoms with E-state index in [1.807, 2.05) is 59.5 Å². The van der Waals surface area contributed by atoms with Gasteiger partial charge in [-0.3, -0.25) is 4.79 Å². The van der Waals surface area contributed by atoms with Gasteiger partial charge in [0, 0.05) is 37.0 Å². The number of allylic oxidation sites excluding steroid dienone is 2. The molecule has 7 nitrogen and oxygen atoms in total. The summed E-state index contributed by atoms with van der Waals surface area (Å²) >= 11 is 0. The molecule has 1 unspecified atom stereocenters. The van der Waals surface area contributed by atoms with Gasteiger partial charge in [0.25, 0.3) is 0 Å². The SMILES string of the molecule is CN(C)C(=O)CN1C2=CC(C(=O)O)=CCC2C(C2CCCCC2)=C1c1ccc(OCc2ccccc2)c(N)c1. The zero-order chi connectivity index (χ0) is 27.5. The van der Waals surface area contributed by atoms with Crippen LogP contribution >= 0.6 is 0 Å². The summed E-state index contributed by atoms with van der Waals surface area (Å²) in [6.07, 6.45) is 9.98. The Morgan fingerprint density at radius 2 is 1.82 bits per heavy atom. The zero-order valence-corrected chi connectivity index (χ0v) is 22.7. The number of carbonyl (C=O) groups is 2. The maximum Gasteiger partial charge on any atom is 0.335 e. The molecule has 1 fully saturated rings. The van der Waals surface area contributed by atoms with Crippen LogP contribution in [0.25, 0.3) is 5.70 Å². The number of nitrogen functional groups attached to an aromatic ring is 1. The summed E-state index contributed by atoms with van der Waals surface area (Å²) in [6, 6.07) is 15.8. The molecule has 3 aliphatic rings. The number of aliphatic carboxylic acids is 1. The highest BCUT2D eigenvalue weighted by atomic mass is 16.5. The predicted octanol–water partition coefficient (Wildman–Crippen LogP) is 5.46. The summed E-state index contributed by atoms with van der Waals surface area (Å²) in [6.45, 7) is 0.558. The number of benzene rings is 2. The third-order valence-electron chi connectivity index (χ3n) is 8.07. The lowest BCUT2D eigenvalue weighted by molar-refractivity contribution is -0.132. The first kappa shape index (κ1) is 26.6. The van der Waals surface area contributed by atoms with E-state index in [1.54, 1.807) is 25.1 Å². The first-order valence-corrected chi connectivity index (χ1v) is 13.8. The van der Waals surface area contributed by atoms with Crippen LogP contribution < -0.4 is 10.5 Å². The normalized spacial score (nSPS) is 19.3. The number of hydrogen-bond acceptors (Lipinski definition) is 5. The van der Waals surface area contributed by atoms with Crippen LogP contribution in [0.3, 0.4) is 0 Å². The van der Waals surface area contributed by atoms with Crippen LogP contribution in [-0.2, 0) is 16.2 Å². The molecule has 1 amide bonds. The number of fused-ring (bicyclic) bond motifs is 1. The molecule has 204 valence electrons. The van der Waals surface area contributed by atoms with Gasteiger partial charge in [-0.1, -0.05) is 55.7 Å². The number of amides is 1. The second-order valence-electron chi connectivity index (χ2n) is 10.9. The van der Waals surface area contributed by atoms with Crippen molar-refractivity contribution in [2.75, 3.05) is 26.4 Å². The van der Waals surface area contributed by atoms with Crippen molar-refractivity contribution in [1.29, 1.82) is 0 Å². The third kappa shape index (κ3) is 5.58. The summed E-state index contributed by atoms with van der Waals surface area (Å²) in [4.78, 5) is 28.6. The number of hydrogen-bond donors (Lipinski definition) is 2. The number of nitrogens with two attached hydrogens (primary N) is 1. The number of anilines is 1. The first-order valence-electron chi connectivity index (χ1n) is 13.8. The van der Waals surface area contributed by atoms with E-state index in [0.29, 0.717) is 30.4 Å². The zero-order valence-electron chi connectivity index (χ0n) is 22.7. The smallest absolute Gasteiger partial charge is 0.335 e. The van der Waals surface area contributed by atoms with Crippen LogP contribution in [0.1, 0.15) is 49.7 Å². The van der Waals surface area contributed by atoms with Crippen LogP contribution in [0.5, 0.6) is 5.75 Å². The molecule has 1 saturated carbocycles. The molecule has 2 aromatic rings. The number of nitrogens with zero attached hydrogens (tertiary/aromatic N) is 2. The molecule has 1 atom stereocenters. The second-order valence-corrected chi connectivity index (χ2v) is 10.9. The Morgan fingerprint density at radius 1 is 1.08 bits per heavy atom. The van der Waals surface area contributed by atoms with Gasteiger partial charge < -0.3 is 25.4 Å². The first-order chi connectivity index (χ1) is 18.8. The van der Waals surface area contributed by atoms with Crippen LogP contribution in [0.15, 0.2) is 77.5 Å².